The normalized spacial score (nSPS) is 14.5. The van der Waals surface area contributed by atoms with Gasteiger partial charge in [-0.1, -0.05) is 6.92 Å². The number of nitrogens with zero attached hydrogens (tertiary/aromatic N) is 2. The molecule has 0 bridgehead atoms. The standard InChI is InChI=1S/C11H19N3O2/c1-5-8(2)13-10(11(15)16-4)9-6-12-7-14(9)3/h6-8,10,13H,5H2,1-4H3. The zero-order valence-electron chi connectivity index (χ0n) is 10.2. The maximum Gasteiger partial charge on any atom is 0.329 e. The van der Waals surface area contributed by atoms with E-state index in [1.807, 2.05) is 18.5 Å². The van der Waals surface area contributed by atoms with E-state index in [1.54, 1.807) is 12.5 Å². The van der Waals surface area contributed by atoms with Crippen molar-refractivity contribution in [3.05, 3.63) is 18.2 Å². The van der Waals surface area contributed by atoms with Gasteiger partial charge in [-0.25, -0.2) is 9.78 Å². The Morgan fingerprint density at radius 2 is 2.38 bits per heavy atom. The smallest absolute Gasteiger partial charge is 0.329 e. The van der Waals surface area contributed by atoms with Crippen LogP contribution in [0.1, 0.15) is 32.0 Å². The third-order valence-electron chi connectivity index (χ3n) is 2.65. The van der Waals surface area contributed by atoms with Gasteiger partial charge in [-0.15, -0.1) is 0 Å². The van der Waals surface area contributed by atoms with Gasteiger partial charge in [0.15, 0.2) is 0 Å². The predicted molar refractivity (Wildman–Crippen MR) is 60.9 cm³/mol. The number of methoxy groups -OCH3 is 1. The van der Waals surface area contributed by atoms with Crippen molar-refractivity contribution < 1.29 is 9.53 Å². The molecule has 0 aromatic carbocycles. The van der Waals surface area contributed by atoms with Gasteiger partial charge >= 0.3 is 5.97 Å². The zero-order valence-corrected chi connectivity index (χ0v) is 10.2. The molecule has 2 atom stereocenters. The van der Waals surface area contributed by atoms with Crippen molar-refractivity contribution in [2.24, 2.45) is 7.05 Å². The van der Waals surface area contributed by atoms with Crippen molar-refractivity contribution in [1.29, 1.82) is 0 Å². The van der Waals surface area contributed by atoms with Crippen molar-refractivity contribution in [2.45, 2.75) is 32.4 Å². The maximum absolute atomic E-state index is 11.7. The number of aromatic nitrogens is 2. The van der Waals surface area contributed by atoms with Crippen LogP contribution in [0.25, 0.3) is 0 Å². The predicted octanol–water partition coefficient (Wildman–Crippen LogP) is 1.02. The van der Waals surface area contributed by atoms with Gasteiger partial charge in [0.1, 0.15) is 6.04 Å². The monoisotopic (exact) mass is 225 g/mol. The molecule has 5 heteroatoms. The number of rotatable bonds is 5. The van der Waals surface area contributed by atoms with Crippen molar-refractivity contribution in [1.82, 2.24) is 14.9 Å². The summed E-state index contributed by atoms with van der Waals surface area (Å²) in [5.74, 6) is -0.288. The van der Waals surface area contributed by atoms with Gasteiger partial charge in [-0.2, -0.15) is 0 Å². The topological polar surface area (TPSA) is 56.1 Å². The number of hydrogen-bond donors (Lipinski definition) is 1. The Hall–Kier alpha value is -1.36. The molecule has 0 spiro atoms. The first kappa shape index (κ1) is 12.7. The van der Waals surface area contributed by atoms with Crippen LogP contribution < -0.4 is 5.32 Å². The van der Waals surface area contributed by atoms with E-state index in [9.17, 15) is 4.79 Å². The van der Waals surface area contributed by atoms with Crippen LogP contribution in [0.4, 0.5) is 0 Å². The first-order valence-electron chi connectivity index (χ1n) is 5.40. The molecule has 16 heavy (non-hydrogen) atoms. The summed E-state index contributed by atoms with van der Waals surface area (Å²) in [5.41, 5.74) is 0.812. The summed E-state index contributed by atoms with van der Waals surface area (Å²) < 4.78 is 6.61. The van der Waals surface area contributed by atoms with Crippen molar-refractivity contribution in [2.75, 3.05) is 7.11 Å². The average Bonchev–Trinajstić information content (AvgIpc) is 2.70. The molecular formula is C11H19N3O2. The minimum atomic E-state index is -0.451. The van der Waals surface area contributed by atoms with Crippen LogP contribution in [-0.2, 0) is 16.6 Å². The van der Waals surface area contributed by atoms with Crippen LogP contribution in [0.3, 0.4) is 0 Å². The first-order valence-corrected chi connectivity index (χ1v) is 5.40. The highest BCUT2D eigenvalue weighted by Gasteiger charge is 2.24. The summed E-state index contributed by atoms with van der Waals surface area (Å²) in [6.07, 6.45) is 4.30. The molecule has 90 valence electrons. The number of aryl methyl sites for hydroxylation is 1. The van der Waals surface area contributed by atoms with Crippen molar-refractivity contribution in [3.8, 4) is 0 Å². The zero-order chi connectivity index (χ0) is 12.1. The maximum atomic E-state index is 11.7. The van der Waals surface area contributed by atoms with Gasteiger partial charge in [-0.05, 0) is 13.3 Å². The second-order valence-corrected chi connectivity index (χ2v) is 3.86. The lowest BCUT2D eigenvalue weighted by molar-refractivity contribution is -0.143. The van der Waals surface area contributed by atoms with E-state index in [2.05, 4.69) is 17.2 Å². The minimum Gasteiger partial charge on any atom is -0.468 e. The highest BCUT2D eigenvalue weighted by Crippen LogP contribution is 2.14. The largest absolute Gasteiger partial charge is 0.468 e. The summed E-state index contributed by atoms with van der Waals surface area (Å²) in [6.45, 7) is 4.10. The van der Waals surface area contributed by atoms with Gasteiger partial charge in [0.2, 0.25) is 0 Å². The van der Waals surface area contributed by atoms with E-state index in [4.69, 9.17) is 4.74 Å². The summed E-state index contributed by atoms with van der Waals surface area (Å²) >= 11 is 0. The highest BCUT2D eigenvalue weighted by molar-refractivity contribution is 5.76. The molecule has 0 radical (unpaired) electrons. The summed E-state index contributed by atoms with van der Waals surface area (Å²) in [4.78, 5) is 15.7. The van der Waals surface area contributed by atoms with E-state index in [1.165, 1.54) is 7.11 Å². The molecule has 0 amide bonds. The van der Waals surface area contributed by atoms with Crippen LogP contribution in [0.5, 0.6) is 0 Å². The molecule has 0 aliphatic heterocycles. The SMILES string of the molecule is CCC(C)NC(C(=O)OC)c1cncn1C. The minimum absolute atomic E-state index is 0.249. The number of nitrogens with one attached hydrogen (secondary N) is 1. The third kappa shape index (κ3) is 2.82. The molecule has 1 rings (SSSR count). The Morgan fingerprint density at radius 3 is 2.81 bits per heavy atom. The summed E-state index contributed by atoms with van der Waals surface area (Å²) in [7, 11) is 3.25. The molecule has 1 N–H and O–H groups in total. The van der Waals surface area contributed by atoms with E-state index in [-0.39, 0.29) is 12.0 Å². The third-order valence-corrected chi connectivity index (χ3v) is 2.65. The lowest BCUT2D eigenvalue weighted by Crippen LogP contribution is -2.36. The number of esters is 1. The Kier molecular flexibility index (Phi) is 4.49. The molecule has 0 aliphatic carbocycles. The van der Waals surface area contributed by atoms with Gasteiger partial charge in [0, 0.05) is 13.1 Å². The van der Waals surface area contributed by atoms with E-state index in [0.717, 1.165) is 12.1 Å². The molecule has 0 saturated heterocycles. The lowest BCUT2D eigenvalue weighted by atomic mass is 10.1. The molecule has 0 fully saturated rings. The van der Waals surface area contributed by atoms with Crippen molar-refractivity contribution >= 4 is 5.97 Å². The van der Waals surface area contributed by atoms with E-state index >= 15 is 0 Å². The van der Waals surface area contributed by atoms with Crippen LogP contribution in [0, 0.1) is 0 Å². The van der Waals surface area contributed by atoms with Gasteiger partial charge in [-0.3, -0.25) is 5.32 Å². The summed E-state index contributed by atoms with van der Waals surface area (Å²) in [6, 6.07) is -0.202. The quantitative estimate of drug-likeness (QED) is 0.760. The van der Waals surface area contributed by atoms with Crippen LogP contribution >= 0.6 is 0 Å². The number of carbonyl (C=O) groups is 1. The number of carbonyl (C=O) groups excluding carboxylic acids is 1. The van der Waals surface area contributed by atoms with Gasteiger partial charge < -0.3 is 9.30 Å². The fourth-order valence-electron chi connectivity index (χ4n) is 1.44. The molecule has 0 saturated carbocycles. The van der Waals surface area contributed by atoms with Crippen LogP contribution in [0.2, 0.25) is 0 Å². The fraction of sp³-hybridized carbons (Fsp3) is 0.636. The fourth-order valence-corrected chi connectivity index (χ4v) is 1.44. The molecule has 5 nitrogen and oxygen atoms in total. The lowest BCUT2D eigenvalue weighted by Gasteiger charge is -2.20. The summed E-state index contributed by atoms with van der Waals surface area (Å²) in [5, 5.41) is 3.23. The van der Waals surface area contributed by atoms with Crippen molar-refractivity contribution in [3.63, 3.8) is 0 Å². The number of hydrogen-bond acceptors (Lipinski definition) is 4. The molecular weight excluding hydrogens is 206 g/mol. The Balaban J connectivity index is 2.88. The van der Waals surface area contributed by atoms with Gasteiger partial charge in [0.25, 0.3) is 0 Å². The first-order chi connectivity index (χ1) is 7.60. The Labute approximate surface area is 95.8 Å². The average molecular weight is 225 g/mol. The Bertz CT molecular complexity index is 349. The van der Waals surface area contributed by atoms with Crippen LogP contribution in [-0.4, -0.2) is 28.7 Å². The highest BCUT2D eigenvalue weighted by atomic mass is 16.5. The molecule has 1 aromatic rings. The van der Waals surface area contributed by atoms with E-state index in [0.29, 0.717) is 0 Å². The molecule has 2 unspecified atom stereocenters. The number of ether oxygens (including phenoxy) is 1. The molecule has 1 heterocycles. The second kappa shape index (κ2) is 5.65. The van der Waals surface area contributed by atoms with Gasteiger partial charge in [0.05, 0.1) is 25.3 Å². The second-order valence-electron chi connectivity index (χ2n) is 3.86. The van der Waals surface area contributed by atoms with Crippen LogP contribution in [0.15, 0.2) is 12.5 Å². The molecule has 1 aromatic heterocycles. The Morgan fingerprint density at radius 1 is 1.69 bits per heavy atom. The molecule has 0 aliphatic rings. The van der Waals surface area contributed by atoms with E-state index < -0.39 is 6.04 Å². The number of imidazole rings is 1.